The van der Waals surface area contributed by atoms with Gasteiger partial charge in [-0.15, -0.1) is 0 Å². The lowest BCUT2D eigenvalue weighted by molar-refractivity contribution is 0.176. The molecule has 1 heterocycles. The third-order valence-corrected chi connectivity index (χ3v) is 4.94. The predicted octanol–water partition coefficient (Wildman–Crippen LogP) is 3.22. The minimum Gasteiger partial charge on any atom is -0.381 e. The Bertz CT molecular complexity index is 205. The van der Waals surface area contributed by atoms with Gasteiger partial charge in [0.25, 0.3) is 0 Å². The van der Waals surface area contributed by atoms with Crippen LogP contribution in [-0.4, -0.2) is 25.8 Å². The fourth-order valence-electron chi connectivity index (χ4n) is 3.31. The van der Waals surface area contributed by atoms with Crippen molar-refractivity contribution in [1.29, 1.82) is 0 Å². The minimum atomic E-state index is 0.640. The van der Waals surface area contributed by atoms with Gasteiger partial charge in [0.05, 0.1) is 6.61 Å². The van der Waals surface area contributed by atoms with Crippen LogP contribution in [0.15, 0.2) is 0 Å². The van der Waals surface area contributed by atoms with E-state index >= 15 is 0 Å². The zero-order valence-electron chi connectivity index (χ0n) is 11.6. The van der Waals surface area contributed by atoms with Crippen molar-refractivity contribution < 1.29 is 4.74 Å². The van der Waals surface area contributed by atoms with Gasteiger partial charge in [-0.1, -0.05) is 26.2 Å². The van der Waals surface area contributed by atoms with Gasteiger partial charge in [-0.25, -0.2) is 0 Å². The van der Waals surface area contributed by atoms with Crippen LogP contribution < -0.4 is 5.32 Å². The Balaban J connectivity index is 1.61. The first-order chi connectivity index (χ1) is 8.29. The van der Waals surface area contributed by atoms with Gasteiger partial charge in [0.2, 0.25) is 0 Å². The Labute approximate surface area is 107 Å². The second-order valence-corrected chi connectivity index (χ2v) is 6.12. The Morgan fingerprint density at radius 3 is 2.41 bits per heavy atom. The van der Waals surface area contributed by atoms with E-state index < -0.39 is 0 Å². The molecule has 2 rings (SSSR count). The van der Waals surface area contributed by atoms with E-state index in [4.69, 9.17) is 4.74 Å². The molecule has 0 aromatic carbocycles. The number of rotatable bonds is 5. The minimum absolute atomic E-state index is 0.640. The van der Waals surface area contributed by atoms with E-state index in [2.05, 4.69) is 19.2 Å². The Kier molecular flexibility index (Phi) is 5.30. The monoisotopic (exact) mass is 239 g/mol. The van der Waals surface area contributed by atoms with Crippen molar-refractivity contribution in [3.8, 4) is 0 Å². The average molecular weight is 239 g/mol. The van der Waals surface area contributed by atoms with E-state index in [-0.39, 0.29) is 0 Å². The third-order valence-electron chi connectivity index (χ3n) is 4.94. The van der Waals surface area contributed by atoms with Crippen molar-refractivity contribution in [2.45, 2.75) is 58.4 Å². The maximum Gasteiger partial charge on any atom is 0.0509 e. The molecular weight excluding hydrogens is 210 g/mol. The van der Waals surface area contributed by atoms with Crippen LogP contribution in [0, 0.1) is 17.8 Å². The third kappa shape index (κ3) is 3.96. The van der Waals surface area contributed by atoms with Gasteiger partial charge >= 0.3 is 0 Å². The summed E-state index contributed by atoms with van der Waals surface area (Å²) in [6, 6.07) is 0.640. The Hall–Kier alpha value is -0.0800. The van der Waals surface area contributed by atoms with Gasteiger partial charge in [-0.2, -0.15) is 0 Å². The maximum absolute atomic E-state index is 5.46. The van der Waals surface area contributed by atoms with Crippen molar-refractivity contribution in [2.24, 2.45) is 17.8 Å². The van der Waals surface area contributed by atoms with Crippen molar-refractivity contribution >= 4 is 0 Å². The second kappa shape index (κ2) is 6.75. The van der Waals surface area contributed by atoms with Crippen molar-refractivity contribution in [1.82, 2.24) is 5.32 Å². The summed E-state index contributed by atoms with van der Waals surface area (Å²) in [6.07, 6.45) is 8.44. The molecular formula is C15H29NO. The summed E-state index contributed by atoms with van der Waals surface area (Å²) in [5.74, 6) is 2.71. The topological polar surface area (TPSA) is 21.3 Å². The molecule has 0 aromatic heterocycles. The summed E-state index contributed by atoms with van der Waals surface area (Å²) < 4.78 is 5.46. The molecule has 0 bridgehead atoms. The largest absolute Gasteiger partial charge is 0.381 e. The highest BCUT2D eigenvalue weighted by Crippen LogP contribution is 2.30. The van der Waals surface area contributed by atoms with Gasteiger partial charge in [0.15, 0.2) is 0 Å². The van der Waals surface area contributed by atoms with Crippen LogP contribution >= 0.6 is 0 Å². The highest BCUT2D eigenvalue weighted by Gasteiger charge is 2.24. The van der Waals surface area contributed by atoms with Crippen LogP contribution in [0.2, 0.25) is 0 Å². The molecule has 0 aromatic rings. The molecule has 2 fully saturated rings. The first kappa shape index (κ1) is 13.4. The summed E-state index contributed by atoms with van der Waals surface area (Å²) >= 11 is 0. The SMILES string of the molecule is CCC1CCC(CNC(C)C2CCOC2)CC1. The van der Waals surface area contributed by atoms with E-state index in [0.29, 0.717) is 6.04 Å². The summed E-state index contributed by atoms with van der Waals surface area (Å²) in [4.78, 5) is 0. The summed E-state index contributed by atoms with van der Waals surface area (Å²) in [5, 5.41) is 3.75. The van der Waals surface area contributed by atoms with Gasteiger partial charge in [-0.3, -0.25) is 0 Å². The van der Waals surface area contributed by atoms with Gasteiger partial charge < -0.3 is 10.1 Å². The first-order valence-electron chi connectivity index (χ1n) is 7.60. The van der Waals surface area contributed by atoms with E-state index in [1.807, 2.05) is 0 Å². The Morgan fingerprint density at radius 2 is 1.82 bits per heavy atom. The maximum atomic E-state index is 5.46. The van der Waals surface area contributed by atoms with E-state index in [9.17, 15) is 0 Å². The number of ether oxygens (including phenoxy) is 1. The smallest absolute Gasteiger partial charge is 0.0509 e. The molecule has 17 heavy (non-hydrogen) atoms. The molecule has 2 nitrogen and oxygen atoms in total. The summed E-state index contributed by atoms with van der Waals surface area (Å²) in [5.41, 5.74) is 0. The lowest BCUT2D eigenvalue weighted by Crippen LogP contribution is -2.37. The van der Waals surface area contributed by atoms with E-state index in [1.165, 1.54) is 45.1 Å². The average Bonchev–Trinajstić information content (AvgIpc) is 2.90. The molecule has 0 amide bonds. The van der Waals surface area contributed by atoms with Crippen LogP contribution in [0.3, 0.4) is 0 Å². The molecule has 0 radical (unpaired) electrons. The van der Waals surface area contributed by atoms with Crippen molar-refractivity contribution in [2.75, 3.05) is 19.8 Å². The fraction of sp³-hybridized carbons (Fsp3) is 1.00. The molecule has 1 N–H and O–H groups in total. The van der Waals surface area contributed by atoms with Crippen LogP contribution in [0.25, 0.3) is 0 Å². The normalized spacial score (nSPS) is 36.0. The second-order valence-electron chi connectivity index (χ2n) is 6.12. The van der Waals surface area contributed by atoms with Crippen molar-refractivity contribution in [3.05, 3.63) is 0 Å². The highest BCUT2D eigenvalue weighted by molar-refractivity contribution is 4.79. The fourth-order valence-corrected chi connectivity index (χ4v) is 3.31. The molecule has 100 valence electrons. The lowest BCUT2D eigenvalue weighted by atomic mass is 9.80. The standard InChI is InChI=1S/C15H29NO/c1-3-13-4-6-14(7-5-13)10-16-12(2)15-8-9-17-11-15/h12-16H,3-11H2,1-2H3. The number of hydrogen-bond donors (Lipinski definition) is 1. The quantitative estimate of drug-likeness (QED) is 0.795. The molecule has 1 aliphatic carbocycles. The van der Waals surface area contributed by atoms with Crippen LogP contribution in [0.4, 0.5) is 0 Å². The molecule has 2 aliphatic rings. The molecule has 1 saturated heterocycles. The summed E-state index contributed by atoms with van der Waals surface area (Å²) in [7, 11) is 0. The van der Waals surface area contributed by atoms with Crippen molar-refractivity contribution in [3.63, 3.8) is 0 Å². The molecule has 2 atom stereocenters. The zero-order chi connectivity index (χ0) is 12.1. The zero-order valence-corrected chi connectivity index (χ0v) is 11.6. The molecule has 2 unspecified atom stereocenters. The van der Waals surface area contributed by atoms with Crippen LogP contribution in [0.1, 0.15) is 52.4 Å². The van der Waals surface area contributed by atoms with Gasteiger partial charge in [0.1, 0.15) is 0 Å². The molecule has 2 heteroatoms. The highest BCUT2D eigenvalue weighted by atomic mass is 16.5. The molecule has 1 saturated carbocycles. The first-order valence-corrected chi connectivity index (χ1v) is 7.60. The van der Waals surface area contributed by atoms with E-state index in [0.717, 1.165) is 31.0 Å². The van der Waals surface area contributed by atoms with Crippen LogP contribution in [0.5, 0.6) is 0 Å². The van der Waals surface area contributed by atoms with Crippen LogP contribution in [-0.2, 0) is 4.74 Å². The Morgan fingerprint density at radius 1 is 1.12 bits per heavy atom. The number of hydrogen-bond acceptors (Lipinski definition) is 2. The van der Waals surface area contributed by atoms with Gasteiger partial charge in [-0.05, 0) is 50.5 Å². The molecule has 0 spiro atoms. The predicted molar refractivity (Wildman–Crippen MR) is 72.1 cm³/mol. The molecule has 1 aliphatic heterocycles. The number of nitrogens with one attached hydrogen (secondary N) is 1. The lowest BCUT2D eigenvalue weighted by Gasteiger charge is -2.29. The summed E-state index contributed by atoms with van der Waals surface area (Å²) in [6.45, 7) is 7.84. The van der Waals surface area contributed by atoms with Gasteiger partial charge in [0, 0.05) is 12.6 Å². The van der Waals surface area contributed by atoms with E-state index in [1.54, 1.807) is 0 Å².